The first-order chi connectivity index (χ1) is 7.98. The maximum absolute atomic E-state index is 12.2. The quantitative estimate of drug-likeness (QED) is 0.696. The lowest BCUT2D eigenvalue weighted by atomic mass is 9.89. The van der Waals surface area contributed by atoms with Crippen molar-refractivity contribution in [3.05, 3.63) is 27.5 Å². The minimum atomic E-state index is -1.30. The Hall–Kier alpha value is -0.673. The zero-order valence-electron chi connectivity index (χ0n) is 10.7. The van der Waals surface area contributed by atoms with Crippen LogP contribution < -0.4 is 0 Å². The Labute approximate surface area is 108 Å². The van der Waals surface area contributed by atoms with Gasteiger partial charge in [-0.2, -0.15) is 11.3 Å². The summed E-state index contributed by atoms with van der Waals surface area (Å²) in [5.41, 5.74) is 6.05. The molecule has 0 amide bonds. The van der Waals surface area contributed by atoms with Crippen LogP contribution in [0.3, 0.4) is 0 Å². The monoisotopic (exact) mass is 262 g/mol. The molecule has 3 rings (SSSR count). The van der Waals surface area contributed by atoms with E-state index in [0.29, 0.717) is 11.3 Å². The molecule has 2 aliphatic carbocycles. The number of carbonyl (C=O) groups excluding carboxylic acids is 1. The van der Waals surface area contributed by atoms with Gasteiger partial charge in [-0.25, -0.2) is 0 Å². The summed E-state index contributed by atoms with van der Waals surface area (Å²) in [6, 6.07) is 0. The van der Waals surface area contributed by atoms with Crippen molar-refractivity contribution < 1.29 is 4.79 Å². The van der Waals surface area contributed by atoms with E-state index in [2.05, 4.69) is 30.4 Å². The maximum atomic E-state index is 12.2. The van der Waals surface area contributed by atoms with E-state index in [9.17, 15) is 4.79 Å². The molecule has 1 heterocycles. The first-order valence-electron chi connectivity index (χ1n) is 6.30. The summed E-state index contributed by atoms with van der Waals surface area (Å²) in [6.45, 7) is 7.18. The molecule has 0 aromatic carbocycles. The number of allylic oxidation sites excluding steroid dienone is 2. The lowest BCUT2D eigenvalue weighted by Gasteiger charge is -2.33. The fourth-order valence-corrected chi connectivity index (χ4v) is 6.09. The molecule has 0 fully saturated rings. The van der Waals surface area contributed by atoms with Crippen LogP contribution in [0.4, 0.5) is 0 Å². The van der Waals surface area contributed by atoms with E-state index in [1.54, 1.807) is 11.3 Å². The van der Waals surface area contributed by atoms with Gasteiger partial charge in [0.25, 0.3) is 0 Å². The van der Waals surface area contributed by atoms with Gasteiger partial charge in [-0.1, -0.05) is 19.6 Å². The summed E-state index contributed by atoms with van der Waals surface area (Å²) in [5, 5.41) is 4.53. The van der Waals surface area contributed by atoms with Crippen molar-refractivity contribution >= 4 is 30.8 Å². The number of hydrogen-bond donors (Lipinski definition) is 0. The summed E-state index contributed by atoms with van der Waals surface area (Å²) >= 11 is 1.79. The number of Topliss-reactive ketones (excluding diaryl/α,β-unsaturated/α-hetero) is 1. The predicted octanol–water partition coefficient (Wildman–Crippen LogP) is 4.13. The minimum absolute atomic E-state index is 0.435. The summed E-state index contributed by atoms with van der Waals surface area (Å²) in [7, 11) is -1.30. The van der Waals surface area contributed by atoms with Gasteiger partial charge in [-0.15, -0.1) is 0 Å². The average molecular weight is 262 g/mol. The molecule has 0 saturated carbocycles. The number of carbonyl (C=O) groups is 1. The van der Waals surface area contributed by atoms with Crippen LogP contribution in [0.25, 0.3) is 5.57 Å². The molecule has 90 valence electrons. The summed E-state index contributed by atoms with van der Waals surface area (Å²) in [5.74, 6) is 0.435. The van der Waals surface area contributed by atoms with E-state index >= 15 is 0 Å². The van der Waals surface area contributed by atoms with Crippen molar-refractivity contribution in [3.63, 3.8) is 0 Å². The molecule has 0 aliphatic heterocycles. The Balaban J connectivity index is 2.18. The standard InChI is InChI=1S/C14H18OSSi/c1-17(2,3)13-6-9-7-16-8-11(9)10-4-5-12(15)14(10)13/h7-8,13H,4-6H2,1-3H3. The van der Waals surface area contributed by atoms with Gasteiger partial charge in [0.15, 0.2) is 5.78 Å². The highest BCUT2D eigenvalue weighted by Crippen LogP contribution is 2.49. The molecule has 1 aromatic heterocycles. The van der Waals surface area contributed by atoms with E-state index < -0.39 is 8.07 Å². The molecular formula is C14H18OSSi. The number of thiophene rings is 1. The fraction of sp³-hybridized carbons (Fsp3) is 0.500. The highest BCUT2D eigenvalue weighted by molar-refractivity contribution is 7.08. The van der Waals surface area contributed by atoms with E-state index in [1.807, 2.05) is 0 Å². The largest absolute Gasteiger partial charge is 0.295 e. The molecule has 1 aromatic rings. The highest BCUT2D eigenvalue weighted by atomic mass is 32.1. The third kappa shape index (κ3) is 1.67. The van der Waals surface area contributed by atoms with Crippen molar-refractivity contribution in [1.82, 2.24) is 0 Å². The zero-order chi connectivity index (χ0) is 12.2. The van der Waals surface area contributed by atoms with Gasteiger partial charge in [0.05, 0.1) is 8.07 Å². The van der Waals surface area contributed by atoms with Crippen LogP contribution in [-0.4, -0.2) is 13.9 Å². The van der Waals surface area contributed by atoms with Crippen molar-refractivity contribution in [2.75, 3.05) is 0 Å². The van der Waals surface area contributed by atoms with Gasteiger partial charge in [-0.3, -0.25) is 4.79 Å². The third-order valence-corrected chi connectivity index (χ3v) is 7.49. The first kappa shape index (κ1) is 11.4. The molecule has 3 heteroatoms. The second kappa shape index (κ2) is 3.66. The second-order valence-corrected chi connectivity index (χ2v) is 12.4. The van der Waals surface area contributed by atoms with Gasteiger partial charge >= 0.3 is 0 Å². The van der Waals surface area contributed by atoms with Gasteiger partial charge in [0, 0.05) is 6.42 Å². The van der Waals surface area contributed by atoms with Crippen molar-refractivity contribution in [2.45, 2.75) is 44.4 Å². The van der Waals surface area contributed by atoms with Crippen molar-refractivity contribution in [3.8, 4) is 0 Å². The number of ketones is 1. The summed E-state index contributed by atoms with van der Waals surface area (Å²) in [4.78, 5) is 12.2. The molecule has 0 radical (unpaired) electrons. The van der Waals surface area contributed by atoms with Gasteiger partial charge in [0.2, 0.25) is 0 Å². The van der Waals surface area contributed by atoms with E-state index in [-0.39, 0.29) is 0 Å². The first-order valence-corrected chi connectivity index (χ1v) is 10.8. The molecular weight excluding hydrogens is 244 g/mol. The van der Waals surface area contributed by atoms with Gasteiger partial charge in [-0.05, 0) is 51.4 Å². The molecule has 2 aliphatic rings. The Morgan fingerprint density at radius 2 is 2.00 bits per heavy atom. The zero-order valence-corrected chi connectivity index (χ0v) is 12.5. The minimum Gasteiger partial charge on any atom is -0.295 e. The van der Waals surface area contributed by atoms with Crippen LogP contribution in [0.5, 0.6) is 0 Å². The Bertz CT molecular complexity index is 519. The molecule has 1 nitrogen and oxygen atoms in total. The maximum Gasteiger partial charge on any atom is 0.159 e. The van der Waals surface area contributed by atoms with Crippen LogP contribution in [0, 0.1) is 0 Å². The number of hydrogen-bond acceptors (Lipinski definition) is 2. The fourth-order valence-electron chi connectivity index (χ4n) is 3.17. The summed E-state index contributed by atoms with van der Waals surface area (Å²) < 4.78 is 0. The normalized spacial score (nSPS) is 23.9. The number of fused-ring (bicyclic) bond motifs is 2. The molecule has 17 heavy (non-hydrogen) atoms. The smallest absolute Gasteiger partial charge is 0.159 e. The molecule has 0 N–H and O–H groups in total. The van der Waals surface area contributed by atoms with Crippen LogP contribution in [-0.2, 0) is 11.2 Å². The van der Waals surface area contributed by atoms with E-state index in [4.69, 9.17) is 0 Å². The number of rotatable bonds is 1. The second-order valence-electron chi connectivity index (χ2n) is 6.25. The highest BCUT2D eigenvalue weighted by Gasteiger charge is 2.41. The van der Waals surface area contributed by atoms with E-state index in [1.165, 1.54) is 22.3 Å². The molecule has 0 saturated heterocycles. The van der Waals surface area contributed by atoms with Crippen LogP contribution >= 0.6 is 11.3 Å². The van der Waals surface area contributed by atoms with Crippen LogP contribution in [0.2, 0.25) is 25.2 Å². The Morgan fingerprint density at radius 3 is 2.71 bits per heavy atom. The van der Waals surface area contributed by atoms with Crippen LogP contribution in [0.1, 0.15) is 24.0 Å². The lowest BCUT2D eigenvalue weighted by molar-refractivity contribution is -0.115. The van der Waals surface area contributed by atoms with Gasteiger partial charge in [0.1, 0.15) is 0 Å². The average Bonchev–Trinajstić information content (AvgIpc) is 2.81. The van der Waals surface area contributed by atoms with Crippen molar-refractivity contribution in [2.24, 2.45) is 0 Å². The molecule has 0 spiro atoms. The predicted molar refractivity (Wildman–Crippen MR) is 76.3 cm³/mol. The van der Waals surface area contributed by atoms with Gasteiger partial charge < -0.3 is 0 Å². The van der Waals surface area contributed by atoms with Crippen molar-refractivity contribution in [1.29, 1.82) is 0 Å². The lowest BCUT2D eigenvalue weighted by Crippen LogP contribution is -2.34. The topological polar surface area (TPSA) is 17.1 Å². The Morgan fingerprint density at radius 1 is 1.24 bits per heavy atom. The third-order valence-electron chi connectivity index (χ3n) is 4.11. The summed E-state index contributed by atoms with van der Waals surface area (Å²) in [6.07, 6.45) is 2.85. The Kier molecular flexibility index (Phi) is 2.46. The molecule has 1 unspecified atom stereocenters. The van der Waals surface area contributed by atoms with E-state index in [0.717, 1.165) is 19.3 Å². The molecule has 1 atom stereocenters. The van der Waals surface area contributed by atoms with Crippen LogP contribution in [0.15, 0.2) is 16.3 Å². The molecule has 0 bridgehead atoms. The SMILES string of the molecule is C[Si](C)(C)C1Cc2cscc2C2=C1C(=O)CC2.